The third-order valence-electron chi connectivity index (χ3n) is 3.53. The van der Waals surface area contributed by atoms with E-state index in [4.69, 9.17) is 0 Å². The number of hydrogen-bond donors (Lipinski definition) is 3. The maximum atomic E-state index is 11.5. The van der Waals surface area contributed by atoms with Crippen LogP contribution in [0.2, 0.25) is 0 Å². The number of nitrogens with one attached hydrogen (secondary N) is 3. The van der Waals surface area contributed by atoms with Crippen LogP contribution in [0.5, 0.6) is 0 Å². The Morgan fingerprint density at radius 1 is 1.06 bits per heavy atom. The van der Waals surface area contributed by atoms with Gasteiger partial charge < -0.3 is 16.0 Å². The largest absolute Gasteiger partial charge is 0.354 e. The molecule has 18 heavy (non-hydrogen) atoms. The highest BCUT2D eigenvalue weighted by Gasteiger charge is 2.23. The first kappa shape index (κ1) is 13.2. The first-order chi connectivity index (χ1) is 8.78. The Hall–Kier alpha value is -1.26. The number of rotatable bonds is 4. The molecule has 2 aliphatic carbocycles. The molecule has 2 fully saturated rings. The average molecular weight is 252 g/mol. The molecule has 0 bridgehead atoms. The lowest BCUT2D eigenvalue weighted by molar-refractivity contribution is -0.120. The van der Waals surface area contributed by atoms with E-state index in [1.165, 1.54) is 32.1 Å². The van der Waals surface area contributed by atoms with Gasteiger partial charge in [-0.05, 0) is 25.7 Å². The van der Waals surface area contributed by atoms with Gasteiger partial charge in [0, 0.05) is 19.1 Å². The van der Waals surface area contributed by atoms with Crippen LogP contribution >= 0.6 is 0 Å². The Balaban J connectivity index is 1.66. The van der Waals surface area contributed by atoms with Crippen molar-refractivity contribution < 1.29 is 4.79 Å². The molecule has 0 aromatic carbocycles. The highest BCUT2D eigenvalue weighted by Crippen LogP contribution is 2.18. The van der Waals surface area contributed by atoms with Gasteiger partial charge in [0.2, 0.25) is 5.91 Å². The minimum absolute atomic E-state index is 0.0593. The van der Waals surface area contributed by atoms with Crippen molar-refractivity contribution in [3.05, 3.63) is 0 Å². The second-order valence-electron chi connectivity index (χ2n) is 5.25. The lowest BCUT2D eigenvalue weighted by atomic mass is 9.96. The van der Waals surface area contributed by atoms with E-state index in [1.807, 2.05) is 0 Å². The van der Waals surface area contributed by atoms with Gasteiger partial charge in [-0.1, -0.05) is 19.3 Å². The van der Waals surface area contributed by atoms with Gasteiger partial charge in [0.05, 0.1) is 6.54 Å². The van der Waals surface area contributed by atoms with Crippen molar-refractivity contribution >= 4 is 11.9 Å². The van der Waals surface area contributed by atoms with E-state index in [9.17, 15) is 4.79 Å². The summed E-state index contributed by atoms with van der Waals surface area (Å²) in [7, 11) is 1.75. The summed E-state index contributed by atoms with van der Waals surface area (Å²) in [4.78, 5) is 15.7. The van der Waals surface area contributed by atoms with Gasteiger partial charge in [0.25, 0.3) is 0 Å². The summed E-state index contributed by atoms with van der Waals surface area (Å²) in [6.45, 7) is 0.308. The van der Waals surface area contributed by atoms with E-state index in [-0.39, 0.29) is 5.91 Å². The third kappa shape index (κ3) is 4.55. The Morgan fingerprint density at radius 2 is 1.72 bits per heavy atom. The van der Waals surface area contributed by atoms with Gasteiger partial charge in [-0.2, -0.15) is 0 Å². The molecule has 0 atom stereocenters. The molecule has 5 nitrogen and oxygen atoms in total. The molecular formula is C13H24N4O. The normalized spacial score (nSPS) is 21.5. The van der Waals surface area contributed by atoms with E-state index in [0.717, 1.165) is 18.8 Å². The molecule has 0 aromatic heterocycles. The monoisotopic (exact) mass is 252 g/mol. The third-order valence-corrected chi connectivity index (χ3v) is 3.53. The Kier molecular flexibility index (Phi) is 4.84. The summed E-state index contributed by atoms with van der Waals surface area (Å²) in [5.41, 5.74) is 0. The second-order valence-corrected chi connectivity index (χ2v) is 5.25. The Morgan fingerprint density at radius 3 is 2.33 bits per heavy atom. The van der Waals surface area contributed by atoms with E-state index >= 15 is 0 Å². The maximum absolute atomic E-state index is 11.5. The molecule has 0 unspecified atom stereocenters. The smallest absolute Gasteiger partial charge is 0.239 e. The van der Waals surface area contributed by atoms with Crippen LogP contribution in [0, 0.1) is 0 Å². The molecule has 0 heterocycles. The van der Waals surface area contributed by atoms with Gasteiger partial charge in [-0.3, -0.25) is 9.79 Å². The predicted octanol–water partition coefficient (Wildman–Crippen LogP) is 0.763. The van der Waals surface area contributed by atoms with Crippen LogP contribution in [-0.4, -0.2) is 37.5 Å². The van der Waals surface area contributed by atoms with Crippen molar-refractivity contribution in [2.24, 2.45) is 4.99 Å². The lowest BCUT2D eigenvalue weighted by Gasteiger charge is -2.24. The molecule has 2 rings (SSSR count). The minimum atomic E-state index is 0.0593. The summed E-state index contributed by atoms with van der Waals surface area (Å²) in [5, 5.41) is 9.42. The molecule has 0 aromatic rings. The fraction of sp³-hybridized carbons (Fsp3) is 0.846. The quantitative estimate of drug-likeness (QED) is 0.511. The highest BCUT2D eigenvalue weighted by molar-refractivity contribution is 5.86. The SMILES string of the molecule is CN=C(NCC(=O)NC1CC1)NC1CCCCC1. The first-order valence-corrected chi connectivity index (χ1v) is 7.04. The van der Waals surface area contributed by atoms with Crippen molar-refractivity contribution in [2.45, 2.75) is 57.0 Å². The molecule has 2 saturated carbocycles. The minimum Gasteiger partial charge on any atom is -0.354 e. The molecule has 1 amide bonds. The first-order valence-electron chi connectivity index (χ1n) is 7.04. The summed E-state index contributed by atoms with van der Waals surface area (Å²) < 4.78 is 0. The van der Waals surface area contributed by atoms with Crippen LogP contribution in [0.15, 0.2) is 4.99 Å². The molecule has 0 spiro atoms. The number of carbonyl (C=O) groups is 1. The van der Waals surface area contributed by atoms with Crippen LogP contribution in [0.1, 0.15) is 44.9 Å². The van der Waals surface area contributed by atoms with Gasteiger partial charge in [-0.15, -0.1) is 0 Å². The van der Waals surface area contributed by atoms with Crippen molar-refractivity contribution in [1.29, 1.82) is 0 Å². The lowest BCUT2D eigenvalue weighted by Crippen LogP contribution is -2.47. The molecule has 0 saturated heterocycles. The van der Waals surface area contributed by atoms with Gasteiger partial charge in [0.15, 0.2) is 5.96 Å². The fourth-order valence-corrected chi connectivity index (χ4v) is 2.31. The fourth-order valence-electron chi connectivity index (χ4n) is 2.31. The molecular weight excluding hydrogens is 228 g/mol. The average Bonchev–Trinajstić information content (AvgIpc) is 3.19. The second kappa shape index (κ2) is 6.61. The summed E-state index contributed by atoms with van der Waals surface area (Å²) in [5.74, 6) is 0.803. The van der Waals surface area contributed by atoms with E-state index in [2.05, 4.69) is 20.9 Å². The standard InChI is InChI=1S/C13H24N4O/c1-14-13(17-10-5-3-2-4-6-10)15-9-12(18)16-11-7-8-11/h10-11H,2-9H2,1H3,(H,16,18)(H2,14,15,17). The van der Waals surface area contributed by atoms with E-state index in [0.29, 0.717) is 18.6 Å². The molecule has 2 aliphatic rings. The molecule has 5 heteroatoms. The van der Waals surface area contributed by atoms with Gasteiger partial charge in [-0.25, -0.2) is 0 Å². The summed E-state index contributed by atoms with van der Waals surface area (Å²) >= 11 is 0. The molecule has 3 N–H and O–H groups in total. The van der Waals surface area contributed by atoms with Crippen LogP contribution in [0.25, 0.3) is 0 Å². The van der Waals surface area contributed by atoms with Crippen molar-refractivity contribution in [3.8, 4) is 0 Å². The summed E-state index contributed by atoms with van der Waals surface area (Å²) in [6, 6.07) is 0.934. The molecule has 102 valence electrons. The Bertz CT molecular complexity index is 306. The van der Waals surface area contributed by atoms with Crippen LogP contribution in [0.3, 0.4) is 0 Å². The topological polar surface area (TPSA) is 65.5 Å². The van der Waals surface area contributed by atoms with Crippen molar-refractivity contribution in [3.63, 3.8) is 0 Å². The highest BCUT2D eigenvalue weighted by atomic mass is 16.2. The Labute approximate surface area is 109 Å². The van der Waals surface area contributed by atoms with Gasteiger partial charge >= 0.3 is 0 Å². The number of carbonyl (C=O) groups excluding carboxylic acids is 1. The van der Waals surface area contributed by atoms with Crippen LogP contribution in [-0.2, 0) is 4.79 Å². The predicted molar refractivity (Wildman–Crippen MR) is 72.5 cm³/mol. The summed E-state index contributed by atoms with van der Waals surface area (Å²) in [6.07, 6.45) is 8.58. The zero-order chi connectivity index (χ0) is 12.8. The molecule has 0 aliphatic heterocycles. The van der Waals surface area contributed by atoms with Crippen molar-refractivity contribution in [2.75, 3.05) is 13.6 Å². The van der Waals surface area contributed by atoms with E-state index in [1.54, 1.807) is 7.05 Å². The van der Waals surface area contributed by atoms with Gasteiger partial charge in [0.1, 0.15) is 0 Å². The van der Waals surface area contributed by atoms with Crippen LogP contribution < -0.4 is 16.0 Å². The number of aliphatic imine (C=N–C) groups is 1. The van der Waals surface area contributed by atoms with Crippen molar-refractivity contribution in [1.82, 2.24) is 16.0 Å². The van der Waals surface area contributed by atoms with E-state index < -0.39 is 0 Å². The number of guanidine groups is 1. The molecule has 0 radical (unpaired) electrons. The maximum Gasteiger partial charge on any atom is 0.239 e. The zero-order valence-corrected chi connectivity index (χ0v) is 11.2. The number of amides is 1. The van der Waals surface area contributed by atoms with Crippen LogP contribution in [0.4, 0.5) is 0 Å². The number of nitrogens with zero attached hydrogens (tertiary/aromatic N) is 1. The number of hydrogen-bond acceptors (Lipinski definition) is 2. The zero-order valence-electron chi connectivity index (χ0n) is 11.2.